The molecule has 1 aromatic carbocycles. The first kappa shape index (κ1) is 20.8. The summed E-state index contributed by atoms with van der Waals surface area (Å²) in [6.07, 6.45) is 4.87. The number of hydrogen-bond donors (Lipinski definition) is 0. The van der Waals surface area contributed by atoms with Gasteiger partial charge in [0.1, 0.15) is 18.4 Å². The van der Waals surface area contributed by atoms with E-state index in [0.29, 0.717) is 13.2 Å². The Balaban J connectivity index is 3.05. The van der Waals surface area contributed by atoms with Gasteiger partial charge in [-0.15, -0.1) is 11.6 Å². The summed E-state index contributed by atoms with van der Waals surface area (Å²) in [7, 11) is 0. The molecule has 0 saturated carbocycles. The first-order valence-corrected chi connectivity index (χ1v) is 9.41. The lowest BCUT2D eigenvalue weighted by Gasteiger charge is -2.26. The average molecular weight is 356 g/mol. The fourth-order valence-corrected chi connectivity index (χ4v) is 2.48. The van der Waals surface area contributed by atoms with Gasteiger partial charge in [-0.2, -0.15) is 0 Å². The van der Waals surface area contributed by atoms with Crippen molar-refractivity contribution in [3.63, 3.8) is 0 Å². The summed E-state index contributed by atoms with van der Waals surface area (Å²) in [5, 5.41) is 0. The molecule has 0 fully saturated rings. The van der Waals surface area contributed by atoms with Gasteiger partial charge in [-0.05, 0) is 30.9 Å². The van der Waals surface area contributed by atoms with Crippen LogP contribution in [0.4, 0.5) is 5.69 Å². The number of benzene rings is 1. The zero-order chi connectivity index (χ0) is 17.8. The summed E-state index contributed by atoms with van der Waals surface area (Å²) in [5.74, 6) is 0.471. The van der Waals surface area contributed by atoms with Crippen molar-refractivity contribution in [3.05, 3.63) is 23.8 Å². The second-order valence-corrected chi connectivity index (χ2v) is 5.93. The number of carbonyl (C=O) groups excluding carboxylic acids is 1. The topological polar surface area (TPSA) is 38.8 Å². The minimum atomic E-state index is -0.172. The molecule has 0 aliphatic carbocycles. The standard InChI is InChI=1S/C19H30ClNO3/c1-4-7-12-23-15-21(18(22)14-20)19-16(6-3)10-9-11-17(19)24-13-8-5-2/h9-11H,4-8,12-15H2,1-3H3. The van der Waals surface area contributed by atoms with E-state index in [9.17, 15) is 4.79 Å². The maximum atomic E-state index is 12.4. The summed E-state index contributed by atoms with van der Waals surface area (Å²) in [4.78, 5) is 14.0. The second-order valence-electron chi connectivity index (χ2n) is 5.67. The number of aryl methyl sites for hydroxylation is 1. The van der Waals surface area contributed by atoms with E-state index in [2.05, 4.69) is 20.8 Å². The quantitative estimate of drug-likeness (QED) is 0.308. The maximum absolute atomic E-state index is 12.4. The lowest BCUT2D eigenvalue weighted by Crippen LogP contribution is -2.35. The Morgan fingerprint density at radius 3 is 2.46 bits per heavy atom. The van der Waals surface area contributed by atoms with Gasteiger partial charge in [0.2, 0.25) is 5.91 Å². The maximum Gasteiger partial charge on any atom is 0.243 e. The van der Waals surface area contributed by atoms with Crippen molar-refractivity contribution in [2.45, 2.75) is 52.9 Å². The lowest BCUT2D eigenvalue weighted by atomic mass is 10.1. The van der Waals surface area contributed by atoms with Crippen molar-refractivity contribution in [3.8, 4) is 5.75 Å². The number of hydrogen-bond acceptors (Lipinski definition) is 3. The van der Waals surface area contributed by atoms with Gasteiger partial charge in [-0.1, -0.05) is 45.7 Å². The van der Waals surface area contributed by atoms with E-state index in [1.807, 2.05) is 18.2 Å². The van der Waals surface area contributed by atoms with Gasteiger partial charge >= 0.3 is 0 Å². The third kappa shape index (κ3) is 6.33. The molecule has 1 rings (SSSR count). The van der Waals surface area contributed by atoms with E-state index >= 15 is 0 Å². The van der Waals surface area contributed by atoms with Crippen LogP contribution in [0.15, 0.2) is 18.2 Å². The molecule has 0 aromatic heterocycles. The molecule has 0 bridgehead atoms. The van der Waals surface area contributed by atoms with Crippen LogP contribution in [0.5, 0.6) is 5.75 Å². The predicted molar refractivity (Wildman–Crippen MR) is 100 cm³/mol. The van der Waals surface area contributed by atoms with Gasteiger partial charge in [0, 0.05) is 6.61 Å². The smallest absolute Gasteiger partial charge is 0.243 e. The summed E-state index contributed by atoms with van der Waals surface area (Å²) in [6, 6.07) is 5.89. The number of amides is 1. The van der Waals surface area contributed by atoms with Gasteiger partial charge in [-0.3, -0.25) is 9.69 Å². The highest BCUT2D eigenvalue weighted by Gasteiger charge is 2.22. The van der Waals surface area contributed by atoms with Crippen LogP contribution in [0.3, 0.4) is 0 Å². The van der Waals surface area contributed by atoms with Crippen molar-refractivity contribution in [2.75, 3.05) is 30.7 Å². The summed E-state index contributed by atoms with van der Waals surface area (Å²) < 4.78 is 11.6. The molecule has 136 valence electrons. The molecule has 0 atom stereocenters. The Labute approximate surface area is 151 Å². The molecule has 4 nitrogen and oxygen atoms in total. The van der Waals surface area contributed by atoms with Crippen molar-refractivity contribution in [1.82, 2.24) is 0 Å². The zero-order valence-electron chi connectivity index (χ0n) is 15.1. The third-order valence-corrected chi connectivity index (χ3v) is 4.00. The molecule has 0 heterocycles. The van der Waals surface area contributed by atoms with Gasteiger partial charge in [0.05, 0.1) is 12.3 Å². The minimum absolute atomic E-state index is 0.0798. The number of anilines is 1. The molecule has 0 saturated heterocycles. The Morgan fingerprint density at radius 2 is 1.83 bits per heavy atom. The van der Waals surface area contributed by atoms with Crippen LogP contribution < -0.4 is 9.64 Å². The van der Waals surface area contributed by atoms with Gasteiger partial charge < -0.3 is 9.47 Å². The van der Waals surface area contributed by atoms with Crippen LogP contribution in [0.1, 0.15) is 52.0 Å². The monoisotopic (exact) mass is 355 g/mol. The van der Waals surface area contributed by atoms with E-state index in [0.717, 1.165) is 49.1 Å². The fraction of sp³-hybridized carbons (Fsp3) is 0.632. The Morgan fingerprint density at radius 1 is 1.12 bits per heavy atom. The molecule has 0 unspecified atom stereocenters. The molecule has 0 aliphatic heterocycles. The van der Waals surface area contributed by atoms with E-state index in [1.54, 1.807) is 4.90 Å². The first-order chi connectivity index (χ1) is 11.7. The van der Waals surface area contributed by atoms with Crippen molar-refractivity contribution >= 4 is 23.2 Å². The van der Waals surface area contributed by atoms with Crippen LogP contribution in [-0.4, -0.2) is 31.7 Å². The van der Waals surface area contributed by atoms with Crippen LogP contribution in [0, 0.1) is 0 Å². The number of para-hydroxylation sites is 1. The number of ether oxygens (including phenoxy) is 2. The molecule has 1 aromatic rings. The molecule has 5 heteroatoms. The SMILES string of the molecule is CCCCOCN(C(=O)CCl)c1c(CC)cccc1OCCCC. The van der Waals surface area contributed by atoms with Gasteiger partial charge in [0.25, 0.3) is 0 Å². The zero-order valence-corrected chi connectivity index (χ0v) is 15.9. The molecular formula is C19H30ClNO3. The molecule has 0 spiro atoms. The van der Waals surface area contributed by atoms with Gasteiger partial charge in [-0.25, -0.2) is 0 Å². The third-order valence-electron chi connectivity index (χ3n) is 3.77. The van der Waals surface area contributed by atoms with Crippen molar-refractivity contribution in [1.29, 1.82) is 0 Å². The lowest BCUT2D eigenvalue weighted by molar-refractivity contribution is -0.117. The fourth-order valence-electron chi connectivity index (χ4n) is 2.34. The average Bonchev–Trinajstić information content (AvgIpc) is 2.61. The number of rotatable bonds is 12. The van der Waals surface area contributed by atoms with Crippen LogP contribution in [0.25, 0.3) is 0 Å². The first-order valence-electron chi connectivity index (χ1n) is 8.88. The molecular weight excluding hydrogens is 326 g/mol. The number of nitrogens with zero attached hydrogens (tertiary/aromatic N) is 1. The van der Waals surface area contributed by atoms with E-state index in [1.165, 1.54) is 0 Å². The Kier molecular flexibility index (Phi) is 10.5. The highest BCUT2D eigenvalue weighted by molar-refractivity contribution is 6.29. The normalized spacial score (nSPS) is 10.7. The number of unbranched alkanes of at least 4 members (excludes halogenated alkanes) is 2. The Hall–Kier alpha value is -1.26. The van der Waals surface area contributed by atoms with Crippen LogP contribution in [0.2, 0.25) is 0 Å². The molecule has 24 heavy (non-hydrogen) atoms. The summed E-state index contributed by atoms with van der Waals surface area (Å²) in [5.41, 5.74) is 1.85. The molecule has 0 N–H and O–H groups in total. The van der Waals surface area contributed by atoms with E-state index in [4.69, 9.17) is 21.1 Å². The van der Waals surface area contributed by atoms with E-state index < -0.39 is 0 Å². The van der Waals surface area contributed by atoms with E-state index in [-0.39, 0.29) is 18.5 Å². The number of halogens is 1. The number of alkyl halides is 1. The summed E-state index contributed by atoms with van der Waals surface area (Å²) >= 11 is 5.82. The number of carbonyl (C=O) groups is 1. The second kappa shape index (κ2) is 12.2. The van der Waals surface area contributed by atoms with Crippen LogP contribution in [-0.2, 0) is 16.0 Å². The minimum Gasteiger partial charge on any atom is -0.491 e. The largest absolute Gasteiger partial charge is 0.491 e. The molecule has 0 radical (unpaired) electrons. The van der Waals surface area contributed by atoms with Crippen LogP contribution >= 0.6 is 11.6 Å². The van der Waals surface area contributed by atoms with Crippen molar-refractivity contribution in [2.24, 2.45) is 0 Å². The Bertz CT molecular complexity index is 494. The van der Waals surface area contributed by atoms with Gasteiger partial charge in [0.15, 0.2) is 0 Å². The molecule has 1 amide bonds. The predicted octanol–water partition coefficient (Wildman–Crippen LogP) is 4.77. The summed E-state index contributed by atoms with van der Waals surface area (Å²) in [6.45, 7) is 7.76. The highest BCUT2D eigenvalue weighted by atomic mass is 35.5. The molecule has 0 aliphatic rings. The van der Waals surface area contributed by atoms with Crippen molar-refractivity contribution < 1.29 is 14.3 Å². The highest BCUT2D eigenvalue weighted by Crippen LogP contribution is 2.33.